The van der Waals surface area contributed by atoms with Crippen LogP contribution in [0.15, 0.2) is 109 Å². The molecule has 0 bridgehead atoms. The number of halogens is 2. The summed E-state index contributed by atoms with van der Waals surface area (Å²) in [4.78, 5) is 0. The molecule has 0 aliphatic heterocycles. The van der Waals surface area contributed by atoms with Crippen molar-refractivity contribution in [1.29, 1.82) is 0 Å². The third kappa shape index (κ3) is 11.0. The van der Waals surface area contributed by atoms with Gasteiger partial charge >= 0.3 is 95.6 Å². The van der Waals surface area contributed by atoms with E-state index in [1.54, 1.807) is 0 Å². The predicted molar refractivity (Wildman–Crippen MR) is 192 cm³/mol. The molecule has 0 aromatic heterocycles. The fourth-order valence-electron chi connectivity index (χ4n) is 5.46. The third-order valence-corrected chi connectivity index (χ3v) is 9.29. The predicted octanol–water partition coefficient (Wildman–Crippen LogP) is 5.43. The normalized spacial score (nSPS) is 14.6. The van der Waals surface area contributed by atoms with Gasteiger partial charge in [0.2, 0.25) is 0 Å². The first-order chi connectivity index (χ1) is 21.0. The molecule has 47 heavy (non-hydrogen) atoms. The van der Waals surface area contributed by atoms with Crippen molar-refractivity contribution in [1.82, 2.24) is 0 Å². The molecule has 2 aliphatic carbocycles. The van der Waals surface area contributed by atoms with E-state index in [1.807, 2.05) is 12.1 Å². The van der Waals surface area contributed by atoms with E-state index in [9.17, 15) is 0 Å². The van der Waals surface area contributed by atoms with Crippen molar-refractivity contribution in [3.05, 3.63) is 154 Å². The van der Waals surface area contributed by atoms with E-state index in [1.165, 1.54) is 53.9 Å². The monoisotopic (exact) mass is 696 g/mol. The molecule has 2 aliphatic rings. The van der Waals surface area contributed by atoms with Crippen molar-refractivity contribution >= 4 is 3.81 Å². The van der Waals surface area contributed by atoms with E-state index in [0.717, 1.165) is 6.42 Å². The van der Waals surface area contributed by atoms with Crippen molar-refractivity contribution < 1.29 is 44.8 Å². The van der Waals surface area contributed by atoms with Crippen molar-refractivity contribution in [2.24, 2.45) is 11.3 Å². The van der Waals surface area contributed by atoms with E-state index in [-0.39, 0.29) is 35.6 Å². The molecule has 246 valence electrons. The standard InChI is InChI=1S/C21H25.C13H10.C10H15.2ClH.Ti/c1-20(2,3)16-7-9-18-14(12-16)11-15-13-17(21(4,5)6)8-10-19(15)18;1-3-7-12(8-4-1)11-13-9-5-2-6-10-13;1-8-5-6-9(7-8)10(2,3)4;;;/h7-10,12H,11H2,1-6H3;1-10H;6-8H,1-4H3;2*1H;/q-1;;-1;;;+2/p-2. The average Bonchev–Trinajstić information content (AvgIpc) is 3.60. The van der Waals surface area contributed by atoms with E-state index in [2.05, 4.69) is 192 Å². The van der Waals surface area contributed by atoms with Crippen LogP contribution in [0.2, 0.25) is 0 Å². The van der Waals surface area contributed by atoms with Gasteiger partial charge in [-0.2, -0.15) is 35.4 Å². The molecule has 1 atom stereocenters. The van der Waals surface area contributed by atoms with Gasteiger partial charge in [0.25, 0.3) is 0 Å². The number of hydrogen-bond acceptors (Lipinski definition) is 0. The second-order valence-corrected chi connectivity index (χ2v) is 16.2. The average molecular weight is 698 g/mol. The first-order valence-corrected chi connectivity index (χ1v) is 17.0. The molecule has 0 N–H and O–H groups in total. The molecule has 3 heteroatoms. The Morgan fingerprint density at radius 1 is 0.660 bits per heavy atom. The van der Waals surface area contributed by atoms with E-state index < -0.39 is 0 Å². The fraction of sp³-hybridized carbons (Fsp3) is 0.341. The Morgan fingerprint density at radius 3 is 1.62 bits per heavy atom. The molecule has 6 rings (SSSR count). The van der Waals surface area contributed by atoms with Crippen LogP contribution in [0.5, 0.6) is 0 Å². The zero-order valence-corrected chi connectivity index (χ0v) is 32.9. The summed E-state index contributed by atoms with van der Waals surface area (Å²) >= 11 is 2.16. The Balaban J connectivity index is 0.000000258. The topological polar surface area (TPSA) is 0 Å². The summed E-state index contributed by atoms with van der Waals surface area (Å²) in [5.74, 6) is 0.522. The molecule has 0 fully saturated rings. The van der Waals surface area contributed by atoms with Gasteiger partial charge in [-0.15, -0.1) is 11.1 Å². The van der Waals surface area contributed by atoms with Crippen LogP contribution in [0.3, 0.4) is 0 Å². The van der Waals surface area contributed by atoms with E-state index in [0.29, 0.717) is 11.3 Å². The van der Waals surface area contributed by atoms with Gasteiger partial charge in [0, 0.05) is 0 Å². The molecule has 0 saturated heterocycles. The van der Waals surface area contributed by atoms with Gasteiger partial charge in [0.1, 0.15) is 0 Å². The summed E-state index contributed by atoms with van der Waals surface area (Å²) < 4.78 is 1.33. The summed E-state index contributed by atoms with van der Waals surface area (Å²) in [6.45, 7) is 22.5. The van der Waals surface area contributed by atoms with Crippen molar-refractivity contribution in [2.75, 3.05) is 0 Å². The van der Waals surface area contributed by atoms with Gasteiger partial charge in [-0.1, -0.05) is 104 Å². The molecule has 4 aromatic carbocycles. The number of rotatable bonds is 2. The van der Waals surface area contributed by atoms with Crippen LogP contribution in [-0.2, 0) is 37.2 Å². The van der Waals surface area contributed by atoms with Gasteiger partial charge in [0.15, 0.2) is 0 Å². The minimum atomic E-state index is 0. The zero-order valence-electron chi connectivity index (χ0n) is 29.9. The second-order valence-electron chi connectivity index (χ2n) is 15.4. The van der Waals surface area contributed by atoms with Gasteiger partial charge in [-0.05, 0) is 28.4 Å². The van der Waals surface area contributed by atoms with Gasteiger partial charge in [0.05, 0.1) is 0 Å². The molecule has 1 unspecified atom stereocenters. The summed E-state index contributed by atoms with van der Waals surface area (Å²) in [6.07, 6.45) is 8.68. The molecular weight excluding hydrogens is 647 g/mol. The molecular formula is C44H50Cl2Ti-2. The van der Waals surface area contributed by atoms with Crippen LogP contribution < -0.4 is 24.8 Å². The first-order valence-electron chi connectivity index (χ1n) is 16.2. The molecule has 4 aromatic rings. The van der Waals surface area contributed by atoms with Gasteiger partial charge < -0.3 is 24.8 Å². The van der Waals surface area contributed by atoms with Crippen LogP contribution in [0, 0.1) is 23.5 Å². The van der Waals surface area contributed by atoms with Crippen LogP contribution in [-0.4, -0.2) is 3.81 Å². The summed E-state index contributed by atoms with van der Waals surface area (Å²) in [5, 5.41) is 0. The van der Waals surface area contributed by atoms with Crippen LogP contribution >= 0.6 is 0 Å². The fourth-order valence-corrected chi connectivity index (χ4v) is 5.98. The number of hydrogen-bond donors (Lipinski definition) is 0. The quantitative estimate of drug-likeness (QED) is 0.171. The number of fused-ring (bicyclic) bond motifs is 3. The zero-order chi connectivity index (χ0) is 33.0. The second kappa shape index (κ2) is 16.8. The number of allylic oxidation sites excluding steroid dienone is 4. The van der Waals surface area contributed by atoms with Crippen LogP contribution in [0.4, 0.5) is 0 Å². The Labute approximate surface area is 309 Å². The molecule has 0 heterocycles. The Morgan fingerprint density at radius 2 is 1.19 bits per heavy atom. The molecule has 0 amide bonds. The molecule has 0 radical (unpaired) electrons. The Kier molecular flexibility index (Phi) is 14.5. The summed E-state index contributed by atoms with van der Waals surface area (Å²) in [5.41, 5.74) is 13.0. The van der Waals surface area contributed by atoms with Crippen molar-refractivity contribution in [2.45, 2.75) is 86.5 Å². The Hall–Kier alpha value is -2.48. The third-order valence-electron chi connectivity index (χ3n) is 8.39. The van der Waals surface area contributed by atoms with E-state index >= 15 is 0 Å². The van der Waals surface area contributed by atoms with Gasteiger partial charge in [-0.3, -0.25) is 6.08 Å². The molecule has 0 spiro atoms. The van der Waals surface area contributed by atoms with Crippen molar-refractivity contribution in [3.63, 3.8) is 0 Å². The first kappa shape index (κ1) is 40.7. The SMILES string of the molecule is CC(C)(C)c1[c-]c2c(cc1)-c1ccc(C(C)(C)C)cc1C2.CC1[C-]=CC(C(C)(C)C)=C1.[Cl-].[Cl-].[Ti+2]=[C](c1ccccc1)c1ccccc1. The molecule has 0 nitrogen and oxygen atoms in total. The van der Waals surface area contributed by atoms with Crippen LogP contribution in [0.1, 0.15) is 103 Å². The minimum absolute atomic E-state index is 0. The van der Waals surface area contributed by atoms with Gasteiger partial charge in [-0.25, -0.2) is 6.08 Å². The number of benzene rings is 4. The van der Waals surface area contributed by atoms with Crippen molar-refractivity contribution in [3.8, 4) is 11.1 Å². The Bertz CT molecular complexity index is 1570. The maximum absolute atomic E-state index is 3.67. The summed E-state index contributed by atoms with van der Waals surface area (Å²) in [6, 6.07) is 36.1. The van der Waals surface area contributed by atoms with Crippen LogP contribution in [0.25, 0.3) is 11.1 Å². The molecule has 0 saturated carbocycles. The maximum atomic E-state index is 3.67. The van der Waals surface area contributed by atoms with E-state index in [4.69, 9.17) is 0 Å². The summed E-state index contributed by atoms with van der Waals surface area (Å²) in [7, 11) is 0.